The minimum absolute atomic E-state index is 0.260. The van der Waals surface area contributed by atoms with Crippen molar-refractivity contribution < 1.29 is 4.79 Å². The van der Waals surface area contributed by atoms with Crippen molar-refractivity contribution in [2.75, 3.05) is 5.32 Å². The lowest BCUT2D eigenvalue weighted by molar-refractivity contribution is 0.102. The van der Waals surface area contributed by atoms with E-state index < -0.39 is 0 Å². The number of hydrogen-bond acceptors (Lipinski definition) is 3. The molecule has 1 amide bonds. The molecule has 0 saturated carbocycles. The van der Waals surface area contributed by atoms with Crippen LogP contribution in [0.5, 0.6) is 0 Å². The van der Waals surface area contributed by atoms with E-state index in [1.165, 1.54) is 6.20 Å². The van der Waals surface area contributed by atoms with Crippen molar-refractivity contribution in [2.45, 2.75) is 0 Å². The van der Waals surface area contributed by atoms with Crippen LogP contribution in [0.25, 0.3) is 10.8 Å². The zero-order chi connectivity index (χ0) is 13.9. The van der Waals surface area contributed by atoms with Gasteiger partial charge in [0.15, 0.2) is 0 Å². The Kier molecular flexibility index (Phi) is 3.31. The Bertz CT molecular complexity index is 774. The van der Waals surface area contributed by atoms with Gasteiger partial charge in [-0.2, -0.15) is 0 Å². The third-order valence-electron chi connectivity index (χ3n) is 2.90. The quantitative estimate of drug-likeness (QED) is 0.732. The van der Waals surface area contributed by atoms with Crippen LogP contribution in [0.1, 0.15) is 10.4 Å². The Morgan fingerprint density at radius 1 is 1.00 bits per heavy atom. The molecular formula is C15H10ClN3O. The zero-order valence-electron chi connectivity index (χ0n) is 10.4. The smallest absolute Gasteiger partial charge is 0.259 e. The van der Waals surface area contributed by atoms with Crippen molar-refractivity contribution in [3.05, 3.63) is 65.6 Å². The van der Waals surface area contributed by atoms with E-state index in [0.29, 0.717) is 16.5 Å². The average Bonchev–Trinajstić information content (AvgIpc) is 2.49. The number of nitrogens with zero attached hydrogens (tertiary/aromatic N) is 2. The first-order chi connectivity index (χ1) is 9.75. The van der Waals surface area contributed by atoms with E-state index in [1.54, 1.807) is 24.4 Å². The summed E-state index contributed by atoms with van der Waals surface area (Å²) >= 11 is 6.04. The van der Waals surface area contributed by atoms with Crippen LogP contribution in [0.15, 0.2) is 54.9 Å². The van der Waals surface area contributed by atoms with Gasteiger partial charge in [0.25, 0.3) is 5.91 Å². The van der Waals surface area contributed by atoms with Crippen LogP contribution in [-0.4, -0.2) is 15.9 Å². The highest BCUT2D eigenvalue weighted by Gasteiger charge is 2.13. The predicted octanol–water partition coefficient (Wildman–Crippen LogP) is 3.54. The summed E-state index contributed by atoms with van der Waals surface area (Å²) in [5.41, 5.74) is 0.468. The van der Waals surface area contributed by atoms with Gasteiger partial charge in [-0.15, -0.1) is 0 Å². The highest BCUT2D eigenvalue weighted by atomic mass is 35.5. The van der Waals surface area contributed by atoms with E-state index in [1.807, 2.05) is 24.3 Å². The average molecular weight is 284 g/mol. The Balaban J connectivity index is 2.02. The molecule has 0 atom stereocenters. The molecule has 0 fully saturated rings. The van der Waals surface area contributed by atoms with Crippen molar-refractivity contribution in [3.63, 3.8) is 0 Å². The van der Waals surface area contributed by atoms with Gasteiger partial charge >= 0.3 is 0 Å². The summed E-state index contributed by atoms with van der Waals surface area (Å²) in [6.45, 7) is 0. The summed E-state index contributed by atoms with van der Waals surface area (Å²) in [4.78, 5) is 20.4. The molecule has 0 spiro atoms. The first-order valence-electron chi connectivity index (χ1n) is 6.01. The van der Waals surface area contributed by atoms with Crippen molar-refractivity contribution in [1.82, 2.24) is 9.97 Å². The molecule has 0 radical (unpaired) electrons. The van der Waals surface area contributed by atoms with Gasteiger partial charge in [-0.05, 0) is 17.5 Å². The number of hydrogen-bond donors (Lipinski definition) is 1. The molecule has 2 heterocycles. The fourth-order valence-corrected chi connectivity index (χ4v) is 2.17. The molecule has 5 heteroatoms. The number of amides is 1. The molecule has 3 aromatic rings. The number of aromatic nitrogens is 2. The molecule has 98 valence electrons. The van der Waals surface area contributed by atoms with Gasteiger partial charge in [-0.25, -0.2) is 9.97 Å². The van der Waals surface area contributed by atoms with Crippen molar-refractivity contribution in [1.29, 1.82) is 0 Å². The monoisotopic (exact) mass is 283 g/mol. The third kappa shape index (κ3) is 2.33. The number of nitrogens with one attached hydrogen (secondary N) is 1. The molecule has 1 N–H and O–H groups in total. The number of carbonyl (C=O) groups is 1. The summed E-state index contributed by atoms with van der Waals surface area (Å²) in [6.07, 6.45) is 3.09. The van der Waals surface area contributed by atoms with Crippen LogP contribution in [-0.2, 0) is 0 Å². The van der Waals surface area contributed by atoms with Crippen LogP contribution < -0.4 is 5.32 Å². The van der Waals surface area contributed by atoms with Gasteiger partial charge in [0, 0.05) is 17.8 Å². The van der Waals surface area contributed by atoms with Crippen LogP contribution in [0.3, 0.4) is 0 Å². The van der Waals surface area contributed by atoms with Gasteiger partial charge in [-0.3, -0.25) is 4.79 Å². The molecule has 0 aliphatic rings. The Morgan fingerprint density at radius 2 is 1.75 bits per heavy atom. The number of carbonyl (C=O) groups excluding carboxylic acids is 1. The summed E-state index contributed by atoms with van der Waals surface area (Å²) in [6, 6.07) is 12.7. The van der Waals surface area contributed by atoms with E-state index in [2.05, 4.69) is 15.3 Å². The van der Waals surface area contributed by atoms with E-state index in [4.69, 9.17) is 11.6 Å². The highest BCUT2D eigenvalue weighted by molar-refractivity contribution is 6.35. The molecule has 0 bridgehead atoms. The third-order valence-corrected chi connectivity index (χ3v) is 3.20. The normalized spacial score (nSPS) is 10.4. The largest absolute Gasteiger partial charge is 0.306 e. The second-order valence-corrected chi connectivity index (χ2v) is 4.54. The molecule has 20 heavy (non-hydrogen) atoms. The minimum Gasteiger partial charge on any atom is -0.306 e. The second-order valence-electron chi connectivity index (χ2n) is 4.18. The van der Waals surface area contributed by atoms with Crippen molar-refractivity contribution in [3.8, 4) is 0 Å². The minimum atomic E-state index is -0.260. The number of pyridine rings is 2. The van der Waals surface area contributed by atoms with Crippen LogP contribution in [0.2, 0.25) is 5.15 Å². The van der Waals surface area contributed by atoms with Crippen LogP contribution >= 0.6 is 11.6 Å². The maximum absolute atomic E-state index is 12.3. The lowest BCUT2D eigenvalue weighted by Gasteiger charge is -2.07. The molecule has 3 rings (SSSR count). The number of halogens is 1. The first-order valence-corrected chi connectivity index (χ1v) is 6.39. The Labute approximate surface area is 120 Å². The fraction of sp³-hybridized carbons (Fsp3) is 0. The van der Waals surface area contributed by atoms with Crippen molar-refractivity contribution in [2.24, 2.45) is 0 Å². The van der Waals surface area contributed by atoms with Gasteiger partial charge < -0.3 is 5.32 Å². The summed E-state index contributed by atoms with van der Waals surface area (Å²) in [5, 5.41) is 4.64. The number of anilines is 1. The lowest BCUT2D eigenvalue weighted by Crippen LogP contribution is -2.13. The lowest BCUT2D eigenvalue weighted by atomic mass is 10.1. The summed E-state index contributed by atoms with van der Waals surface area (Å²) < 4.78 is 0. The van der Waals surface area contributed by atoms with Crippen LogP contribution in [0.4, 0.5) is 5.82 Å². The topological polar surface area (TPSA) is 54.9 Å². The first kappa shape index (κ1) is 12.6. The van der Waals surface area contributed by atoms with Gasteiger partial charge in [0.1, 0.15) is 11.0 Å². The second kappa shape index (κ2) is 5.27. The highest BCUT2D eigenvalue weighted by Crippen LogP contribution is 2.24. The summed E-state index contributed by atoms with van der Waals surface area (Å²) in [5.74, 6) is 0.237. The number of rotatable bonds is 2. The van der Waals surface area contributed by atoms with Crippen molar-refractivity contribution >= 4 is 34.1 Å². The zero-order valence-corrected chi connectivity index (χ0v) is 11.1. The maximum atomic E-state index is 12.3. The molecule has 0 aliphatic heterocycles. The van der Waals surface area contributed by atoms with Gasteiger partial charge in [0.2, 0.25) is 0 Å². The standard InChI is InChI=1S/C15H10ClN3O/c16-14-11-6-2-1-5-10(11)12(9-18-14)15(20)19-13-7-3-4-8-17-13/h1-9H,(H,17,19,20). The molecule has 0 saturated heterocycles. The van der Waals surface area contributed by atoms with Gasteiger partial charge in [0.05, 0.1) is 5.56 Å². The van der Waals surface area contributed by atoms with Crippen LogP contribution in [0, 0.1) is 0 Å². The number of benzene rings is 1. The van der Waals surface area contributed by atoms with Gasteiger partial charge in [-0.1, -0.05) is 41.9 Å². The Morgan fingerprint density at radius 3 is 2.50 bits per heavy atom. The van der Waals surface area contributed by atoms with E-state index >= 15 is 0 Å². The molecule has 0 aliphatic carbocycles. The van der Waals surface area contributed by atoms with E-state index in [0.717, 1.165) is 10.8 Å². The Hall–Kier alpha value is -2.46. The summed E-state index contributed by atoms with van der Waals surface area (Å²) in [7, 11) is 0. The SMILES string of the molecule is O=C(Nc1ccccn1)c1cnc(Cl)c2ccccc12. The van der Waals surface area contributed by atoms with E-state index in [-0.39, 0.29) is 5.91 Å². The molecule has 2 aromatic heterocycles. The molecule has 4 nitrogen and oxygen atoms in total. The fourth-order valence-electron chi connectivity index (χ4n) is 1.96. The maximum Gasteiger partial charge on any atom is 0.259 e. The predicted molar refractivity (Wildman–Crippen MR) is 78.9 cm³/mol. The number of fused-ring (bicyclic) bond motifs is 1. The molecule has 0 unspecified atom stereocenters. The molecule has 1 aromatic carbocycles. The van der Waals surface area contributed by atoms with E-state index in [9.17, 15) is 4.79 Å². The molecular weight excluding hydrogens is 274 g/mol.